The number of aromatic nitrogens is 5. The summed E-state index contributed by atoms with van der Waals surface area (Å²) >= 11 is 0. The molecule has 2 aliphatic rings. The number of nitrogens with one attached hydrogen (secondary N) is 2. The highest BCUT2D eigenvalue weighted by atomic mass is 16.5. The van der Waals surface area contributed by atoms with Crippen LogP contribution in [0.25, 0.3) is 5.65 Å². The lowest BCUT2D eigenvalue weighted by molar-refractivity contribution is 0.167. The molecular formula is C29H29N11O2. The van der Waals surface area contributed by atoms with Crippen molar-refractivity contribution in [3.63, 3.8) is 0 Å². The zero-order valence-electron chi connectivity index (χ0n) is 22.6. The normalized spacial score (nSPS) is 15.4. The number of para-hydroxylation sites is 1. The van der Waals surface area contributed by atoms with E-state index in [4.69, 9.17) is 21.2 Å². The molecule has 212 valence electrons. The van der Waals surface area contributed by atoms with Crippen molar-refractivity contribution in [1.29, 1.82) is 0 Å². The molecule has 42 heavy (non-hydrogen) atoms. The highest BCUT2D eigenvalue weighted by Crippen LogP contribution is 2.31. The molecule has 0 bridgehead atoms. The van der Waals surface area contributed by atoms with E-state index in [0.29, 0.717) is 54.2 Å². The van der Waals surface area contributed by atoms with Crippen molar-refractivity contribution in [3.05, 3.63) is 78.6 Å². The van der Waals surface area contributed by atoms with Crippen LogP contribution in [0.3, 0.4) is 0 Å². The predicted molar refractivity (Wildman–Crippen MR) is 160 cm³/mol. The number of nitrogens with two attached hydrogens (primary N) is 2. The Morgan fingerprint density at radius 1 is 0.929 bits per heavy atom. The van der Waals surface area contributed by atoms with Crippen molar-refractivity contribution in [2.45, 2.75) is 25.4 Å². The third-order valence-corrected chi connectivity index (χ3v) is 7.59. The number of hydrogen-bond donors (Lipinski definition) is 4. The summed E-state index contributed by atoms with van der Waals surface area (Å²) in [7, 11) is 0. The summed E-state index contributed by atoms with van der Waals surface area (Å²) in [5, 5.41) is 10.7. The van der Waals surface area contributed by atoms with Gasteiger partial charge in [0.2, 0.25) is 11.9 Å². The largest absolute Gasteiger partial charge is 0.457 e. The van der Waals surface area contributed by atoms with Crippen LogP contribution in [0.1, 0.15) is 18.4 Å². The van der Waals surface area contributed by atoms with E-state index in [0.717, 1.165) is 29.8 Å². The molecule has 1 fully saturated rings. The van der Waals surface area contributed by atoms with Gasteiger partial charge in [0.15, 0.2) is 11.5 Å². The predicted octanol–water partition coefficient (Wildman–Crippen LogP) is 4.24. The van der Waals surface area contributed by atoms with Gasteiger partial charge >= 0.3 is 6.03 Å². The molecular weight excluding hydrogens is 534 g/mol. The topological polar surface area (TPSA) is 165 Å². The van der Waals surface area contributed by atoms with Gasteiger partial charge in [0.25, 0.3) is 0 Å². The van der Waals surface area contributed by atoms with Gasteiger partial charge in [0.05, 0.1) is 0 Å². The number of urea groups is 1. The van der Waals surface area contributed by atoms with E-state index in [1.54, 1.807) is 24.5 Å². The number of nitrogens with zero attached hydrogens (tertiary/aromatic N) is 7. The Morgan fingerprint density at radius 3 is 2.45 bits per heavy atom. The number of carbonyl (C=O) groups is 1. The molecule has 7 rings (SSSR count). The number of piperidine rings is 1. The monoisotopic (exact) mass is 563 g/mol. The van der Waals surface area contributed by atoms with Gasteiger partial charge in [-0.2, -0.15) is 14.5 Å². The maximum atomic E-state index is 12.8. The average Bonchev–Trinajstić information content (AvgIpc) is 3.33. The second kappa shape index (κ2) is 10.4. The first-order chi connectivity index (χ1) is 20.5. The van der Waals surface area contributed by atoms with Gasteiger partial charge in [-0.1, -0.05) is 18.2 Å². The summed E-state index contributed by atoms with van der Waals surface area (Å²) in [5.41, 5.74) is 16.3. The zero-order chi connectivity index (χ0) is 28.6. The van der Waals surface area contributed by atoms with Crippen molar-refractivity contribution in [3.8, 4) is 11.5 Å². The van der Waals surface area contributed by atoms with Crippen LogP contribution in [0.5, 0.6) is 11.5 Å². The van der Waals surface area contributed by atoms with Gasteiger partial charge in [-0.05, 0) is 60.9 Å². The summed E-state index contributed by atoms with van der Waals surface area (Å²) in [5.74, 6) is 2.48. The third-order valence-electron chi connectivity index (χ3n) is 7.59. The van der Waals surface area contributed by atoms with Crippen LogP contribution in [0.4, 0.5) is 39.6 Å². The fraction of sp³-hybridized carbons (Fsp3) is 0.207. The molecule has 13 nitrogen and oxygen atoms in total. The molecule has 5 aromatic rings. The number of benzene rings is 2. The van der Waals surface area contributed by atoms with Gasteiger partial charge in [-0.3, -0.25) is 4.98 Å². The molecule has 0 radical (unpaired) electrons. The molecule has 0 atom stereocenters. The van der Waals surface area contributed by atoms with E-state index in [2.05, 4.69) is 36.7 Å². The first kappa shape index (κ1) is 25.4. The minimum absolute atomic E-state index is 0.0583. The molecule has 13 heteroatoms. The first-order valence-corrected chi connectivity index (χ1v) is 13.7. The van der Waals surface area contributed by atoms with Crippen LogP contribution in [-0.2, 0) is 6.54 Å². The number of ether oxygens (including phenoxy) is 1. The van der Waals surface area contributed by atoms with E-state index in [-0.39, 0.29) is 18.0 Å². The summed E-state index contributed by atoms with van der Waals surface area (Å²) < 4.78 is 7.26. The Kier molecular flexibility index (Phi) is 6.30. The minimum atomic E-state index is -0.0583. The Morgan fingerprint density at radius 2 is 1.67 bits per heavy atom. The van der Waals surface area contributed by atoms with Crippen molar-refractivity contribution in [2.75, 3.05) is 40.1 Å². The smallest absolute Gasteiger partial charge is 0.322 e. The van der Waals surface area contributed by atoms with Crippen molar-refractivity contribution >= 4 is 46.5 Å². The van der Waals surface area contributed by atoms with Crippen molar-refractivity contribution < 1.29 is 9.53 Å². The van der Waals surface area contributed by atoms with Crippen LogP contribution in [-0.4, -0.2) is 54.6 Å². The van der Waals surface area contributed by atoms with E-state index >= 15 is 0 Å². The fourth-order valence-electron chi connectivity index (χ4n) is 5.37. The van der Waals surface area contributed by atoms with E-state index in [1.807, 2.05) is 47.4 Å². The fourth-order valence-corrected chi connectivity index (χ4v) is 5.37. The van der Waals surface area contributed by atoms with Gasteiger partial charge in [-0.25, -0.2) is 4.79 Å². The van der Waals surface area contributed by atoms with Crippen molar-refractivity contribution in [1.82, 2.24) is 29.5 Å². The lowest BCUT2D eigenvalue weighted by Gasteiger charge is -2.40. The van der Waals surface area contributed by atoms with Gasteiger partial charge in [0, 0.05) is 49.4 Å². The standard InChI is InChI=1S/C29H29N11O2/c30-24-25(33-19-5-7-21(8-6-19)42-22-9-13-32-14-10-22)37-40-26(24)35-28(36-27(40)31)38-15-11-20(12-16-38)39-17-18-3-1-2-4-23(18)34-29(39)41/h1-10,13-14,20H,11-12,15-17,30H2,(H,33,37)(H,34,41)(H2,31,35,36). The number of carbonyl (C=O) groups excluding carboxylic acids is 1. The second-order valence-corrected chi connectivity index (χ2v) is 10.2. The number of rotatable bonds is 6. The lowest BCUT2D eigenvalue weighted by atomic mass is 10.0. The molecule has 0 unspecified atom stereocenters. The van der Waals surface area contributed by atoms with Crippen molar-refractivity contribution in [2.24, 2.45) is 0 Å². The van der Waals surface area contributed by atoms with Crippen LogP contribution >= 0.6 is 0 Å². The van der Waals surface area contributed by atoms with Gasteiger partial charge in [0.1, 0.15) is 17.2 Å². The van der Waals surface area contributed by atoms with E-state index in [9.17, 15) is 4.79 Å². The first-order valence-electron chi connectivity index (χ1n) is 13.7. The summed E-state index contributed by atoms with van der Waals surface area (Å²) in [6.45, 7) is 1.96. The Hall–Kier alpha value is -5.59. The molecule has 2 amide bonds. The molecule has 0 aliphatic carbocycles. The summed E-state index contributed by atoms with van der Waals surface area (Å²) in [6, 6.07) is 19.0. The Balaban J connectivity index is 1.04. The van der Waals surface area contributed by atoms with Crippen LogP contribution in [0, 0.1) is 0 Å². The second-order valence-electron chi connectivity index (χ2n) is 10.2. The SMILES string of the molecule is Nc1c(Nc2ccc(Oc3ccncc3)cc2)nn2c(N)nc(N3CCC(N4Cc5ccccc5NC4=O)CC3)nc12. The highest BCUT2D eigenvalue weighted by molar-refractivity contribution is 5.92. The summed E-state index contributed by atoms with van der Waals surface area (Å²) in [4.78, 5) is 30.0. The highest BCUT2D eigenvalue weighted by Gasteiger charge is 2.32. The molecule has 3 aromatic heterocycles. The zero-order valence-corrected chi connectivity index (χ0v) is 22.6. The molecule has 0 saturated carbocycles. The molecule has 0 spiro atoms. The maximum absolute atomic E-state index is 12.8. The maximum Gasteiger partial charge on any atom is 0.322 e. The van der Waals surface area contributed by atoms with E-state index in [1.165, 1.54) is 4.52 Å². The number of hydrogen-bond acceptors (Lipinski definition) is 10. The molecule has 5 heterocycles. The molecule has 2 aromatic carbocycles. The molecule has 2 aliphatic heterocycles. The molecule has 1 saturated heterocycles. The average molecular weight is 564 g/mol. The third kappa shape index (κ3) is 4.80. The number of fused-ring (bicyclic) bond motifs is 2. The number of amides is 2. The quantitative estimate of drug-likeness (QED) is 0.235. The van der Waals surface area contributed by atoms with Gasteiger partial charge in [-0.15, -0.1) is 5.10 Å². The van der Waals surface area contributed by atoms with Crippen LogP contribution in [0.2, 0.25) is 0 Å². The number of anilines is 6. The summed E-state index contributed by atoms with van der Waals surface area (Å²) in [6.07, 6.45) is 4.92. The van der Waals surface area contributed by atoms with E-state index < -0.39 is 0 Å². The number of nitrogen functional groups attached to an aromatic ring is 2. The lowest BCUT2D eigenvalue weighted by Crippen LogP contribution is -2.50. The number of pyridine rings is 1. The molecule has 6 N–H and O–H groups in total. The Bertz CT molecular complexity index is 1750. The minimum Gasteiger partial charge on any atom is -0.457 e. The van der Waals surface area contributed by atoms with Gasteiger partial charge < -0.3 is 36.6 Å². The van der Waals surface area contributed by atoms with Crippen LogP contribution < -0.4 is 31.7 Å². The Labute approximate surface area is 241 Å². The van der Waals surface area contributed by atoms with Crippen LogP contribution in [0.15, 0.2) is 73.1 Å².